The quantitative estimate of drug-likeness (QED) is 0.503. The average Bonchev–Trinajstić information content (AvgIpc) is 3.40. The fourth-order valence-electron chi connectivity index (χ4n) is 5.89. The maximum Gasteiger partial charge on any atom is 0.487 e. The van der Waals surface area contributed by atoms with E-state index in [1.165, 1.54) is 16.2 Å². The molecule has 0 spiro atoms. The van der Waals surface area contributed by atoms with Crippen LogP contribution in [0.15, 0.2) is 40.7 Å². The van der Waals surface area contributed by atoms with Crippen molar-refractivity contribution in [3.05, 3.63) is 62.3 Å². The lowest BCUT2D eigenvalue weighted by atomic mass is 9.55. The minimum absolute atomic E-state index is 0.148. The van der Waals surface area contributed by atoms with Crippen LogP contribution < -0.4 is 0 Å². The van der Waals surface area contributed by atoms with Crippen molar-refractivity contribution >= 4 is 30.3 Å². The molecule has 0 bridgehead atoms. The van der Waals surface area contributed by atoms with Gasteiger partial charge in [0.1, 0.15) is 5.75 Å². The van der Waals surface area contributed by atoms with Gasteiger partial charge in [0.2, 0.25) is 11.8 Å². The summed E-state index contributed by atoms with van der Waals surface area (Å²) in [6.07, 6.45) is 0.396. The van der Waals surface area contributed by atoms with Gasteiger partial charge in [-0.05, 0) is 83.9 Å². The molecule has 2 aromatic rings. The number of carbonyl (C=O) groups excluding carboxylic acids is 2. The van der Waals surface area contributed by atoms with Crippen LogP contribution in [-0.2, 0) is 25.5 Å². The molecule has 2 fully saturated rings. The van der Waals surface area contributed by atoms with Crippen molar-refractivity contribution < 1.29 is 29.1 Å². The van der Waals surface area contributed by atoms with E-state index in [-0.39, 0.29) is 36.6 Å². The number of phenolic OH excluding ortho intramolecular Hbond substituents is 1. The summed E-state index contributed by atoms with van der Waals surface area (Å²) in [5.41, 5.74) is 3.83. The number of carbonyl (C=O) groups is 2. The van der Waals surface area contributed by atoms with Crippen LogP contribution in [0.25, 0.3) is 0 Å². The maximum atomic E-state index is 13.6. The molecule has 7 nitrogen and oxygen atoms in total. The largest absolute Gasteiger partial charge is 0.507 e. The first-order valence-corrected chi connectivity index (χ1v) is 12.4. The number of thiophene rings is 1. The Kier molecular flexibility index (Phi) is 6.14. The molecular weight excluding hydrogens is 453 g/mol. The number of aromatic hydroxyl groups is 1. The van der Waals surface area contributed by atoms with Crippen molar-refractivity contribution in [2.24, 2.45) is 17.8 Å². The zero-order chi connectivity index (χ0) is 24.1. The monoisotopic (exact) mass is 481 g/mol. The number of rotatable bonds is 5. The van der Waals surface area contributed by atoms with E-state index in [0.29, 0.717) is 18.3 Å². The number of amides is 2. The summed E-state index contributed by atoms with van der Waals surface area (Å²) in [7, 11) is 0.402. The van der Waals surface area contributed by atoms with Crippen molar-refractivity contribution in [1.82, 2.24) is 4.90 Å². The number of hydrogen-bond donors (Lipinski definition) is 2. The minimum atomic E-state index is -1.18. The van der Waals surface area contributed by atoms with Gasteiger partial charge in [0.15, 0.2) is 0 Å². The highest BCUT2D eigenvalue weighted by atomic mass is 32.1. The smallest absolute Gasteiger partial charge is 0.487 e. The van der Waals surface area contributed by atoms with Crippen molar-refractivity contribution in [3.8, 4) is 5.75 Å². The number of phenols is 1. The predicted octanol–water partition coefficient (Wildman–Crippen LogP) is 3.32. The number of hydrogen-bond acceptors (Lipinski definition) is 7. The second-order valence-corrected chi connectivity index (χ2v) is 10.5. The molecule has 3 aliphatic rings. The number of fused-ring (bicyclic) bond motifs is 3. The van der Waals surface area contributed by atoms with Gasteiger partial charge < -0.3 is 19.5 Å². The number of aryl methyl sites for hydroxylation is 2. The first kappa shape index (κ1) is 23.3. The average molecular weight is 481 g/mol. The van der Waals surface area contributed by atoms with Crippen LogP contribution in [0.2, 0.25) is 0 Å². The predicted molar refractivity (Wildman–Crippen MR) is 128 cm³/mol. The summed E-state index contributed by atoms with van der Waals surface area (Å²) in [5, 5.41) is 23.2. The fraction of sp³-hybridized carbons (Fsp3) is 0.440. The highest BCUT2D eigenvalue weighted by Crippen LogP contribution is 2.51. The molecule has 178 valence electrons. The number of methoxy groups -OCH3 is 1. The highest BCUT2D eigenvalue weighted by Gasteiger charge is 2.57. The molecule has 3 heterocycles. The Morgan fingerprint density at radius 2 is 1.94 bits per heavy atom. The van der Waals surface area contributed by atoms with Gasteiger partial charge >= 0.3 is 7.12 Å². The van der Waals surface area contributed by atoms with Gasteiger partial charge in [-0.25, -0.2) is 0 Å². The topological polar surface area (TPSA) is 96.3 Å². The number of nitrogens with zero attached hydrogens (tertiary/aromatic N) is 1. The fourth-order valence-corrected chi connectivity index (χ4v) is 6.58. The molecule has 1 aromatic carbocycles. The second kappa shape index (κ2) is 8.96. The van der Waals surface area contributed by atoms with Crippen molar-refractivity contribution in [2.75, 3.05) is 13.7 Å². The highest BCUT2D eigenvalue weighted by molar-refractivity contribution is 7.09. The van der Waals surface area contributed by atoms with Crippen LogP contribution in [0.3, 0.4) is 0 Å². The van der Waals surface area contributed by atoms with Gasteiger partial charge in [-0.15, -0.1) is 11.3 Å². The third-order valence-electron chi connectivity index (χ3n) is 7.40. The number of likely N-dealkylation sites (tertiary alicyclic amines) is 1. The lowest BCUT2D eigenvalue weighted by molar-refractivity contribution is -0.140. The molecular formula is C25H28BNO6S. The first-order valence-electron chi connectivity index (χ1n) is 11.5. The van der Waals surface area contributed by atoms with Crippen LogP contribution in [0.1, 0.15) is 40.5 Å². The van der Waals surface area contributed by atoms with Crippen LogP contribution in [0.4, 0.5) is 0 Å². The molecule has 0 unspecified atom stereocenters. The summed E-state index contributed by atoms with van der Waals surface area (Å²) >= 11 is 1.52. The van der Waals surface area contributed by atoms with E-state index in [2.05, 4.69) is 0 Å². The summed E-state index contributed by atoms with van der Waals surface area (Å²) in [4.78, 5) is 29.3. The molecule has 9 heteroatoms. The molecule has 1 aromatic heterocycles. The van der Waals surface area contributed by atoms with E-state index in [0.717, 1.165) is 27.1 Å². The number of imide groups is 1. The van der Waals surface area contributed by atoms with E-state index in [1.807, 2.05) is 43.5 Å². The Morgan fingerprint density at radius 3 is 2.59 bits per heavy atom. The lowest BCUT2D eigenvalue weighted by Gasteiger charge is -2.42. The minimum Gasteiger partial charge on any atom is -0.507 e. The summed E-state index contributed by atoms with van der Waals surface area (Å²) in [5.74, 6) is -1.39. The number of allylic oxidation sites excluding steroid dienone is 1. The molecule has 0 radical (unpaired) electrons. The summed E-state index contributed by atoms with van der Waals surface area (Å²) < 4.78 is 11.4. The van der Waals surface area contributed by atoms with Gasteiger partial charge in [0, 0.05) is 12.0 Å². The molecule has 5 rings (SSSR count). The van der Waals surface area contributed by atoms with Gasteiger partial charge in [-0.3, -0.25) is 14.5 Å². The van der Waals surface area contributed by atoms with E-state index >= 15 is 0 Å². The summed E-state index contributed by atoms with van der Waals surface area (Å²) in [6.45, 7) is 4.21. The van der Waals surface area contributed by atoms with E-state index in [9.17, 15) is 19.7 Å². The van der Waals surface area contributed by atoms with Gasteiger partial charge in [0.25, 0.3) is 0 Å². The van der Waals surface area contributed by atoms with E-state index in [1.54, 1.807) is 7.11 Å². The molecule has 4 atom stereocenters. The Labute approximate surface area is 203 Å². The van der Waals surface area contributed by atoms with E-state index in [4.69, 9.17) is 9.39 Å². The van der Waals surface area contributed by atoms with Crippen LogP contribution in [-0.4, -0.2) is 47.7 Å². The summed E-state index contributed by atoms with van der Waals surface area (Å²) in [6, 6.07) is 7.55. The van der Waals surface area contributed by atoms with Crippen LogP contribution in [0.5, 0.6) is 5.75 Å². The molecule has 34 heavy (non-hydrogen) atoms. The van der Waals surface area contributed by atoms with Crippen molar-refractivity contribution in [3.63, 3.8) is 0 Å². The normalized spacial score (nSPS) is 26.8. The number of benzene rings is 1. The zero-order valence-electron chi connectivity index (χ0n) is 19.5. The standard InChI is InChI=1S/C25H28BNO6S/c1-13-7-15(8-14(2)23(13)28)20-10-18-21-19(9-16(12-32-3)22(18)26(31)33-20)24(29)27(25(21)30)11-17-5-4-6-34-17/h4-8,18-21,28,31H,9-12H2,1-3H3/t18-,19-,20-,21+/m0/s1. The molecule has 2 N–H and O–H groups in total. The lowest BCUT2D eigenvalue weighted by Crippen LogP contribution is -2.45. The van der Waals surface area contributed by atoms with Crippen molar-refractivity contribution in [2.45, 2.75) is 39.3 Å². The SMILES string of the molecule is COCC1=C2B(O)O[C@H](c3cc(C)c(O)c(C)c3)C[C@H]2[C@H]2C(=O)N(Cc3cccs3)C(=O)[C@H]2C1. The third kappa shape index (κ3) is 3.80. The molecule has 0 saturated carbocycles. The maximum absolute atomic E-state index is 13.6. The Morgan fingerprint density at radius 1 is 1.21 bits per heavy atom. The third-order valence-corrected chi connectivity index (χ3v) is 8.26. The molecule has 2 saturated heterocycles. The van der Waals surface area contributed by atoms with Crippen LogP contribution >= 0.6 is 11.3 Å². The zero-order valence-corrected chi connectivity index (χ0v) is 20.3. The van der Waals surface area contributed by atoms with Crippen LogP contribution in [0, 0.1) is 31.6 Å². The Hall–Kier alpha value is -2.46. The van der Waals surface area contributed by atoms with Crippen molar-refractivity contribution in [1.29, 1.82) is 0 Å². The number of ether oxygens (including phenoxy) is 1. The first-order chi connectivity index (χ1) is 16.3. The second-order valence-electron chi connectivity index (χ2n) is 9.49. The van der Waals surface area contributed by atoms with Gasteiger partial charge in [-0.1, -0.05) is 6.07 Å². The Bertz CT molecular complexity index is 1140. The molecule has 2 aliphatic heterocycles. The van der Waals surface area contributed by atoms with E-state index < -0.39 is 25.1 Å². The van der Waals surface area contributed by atoms with Gasteiger partial charge in [0.05, 0.1) is 31.1 Å². The Balaban J connectivity index is 1.51. The molecule has 1 aliphatic carbocycles. The van der Waals surface area contributed by atoms with Gasteiger partial charge in [-0.2, -0.15) is 0 Å². The molecule has 2 amide bonds.